The molecule has 1 aliphatic rings. The van der Waals surface area contributed by atoms with Gasteiger partial charge in [0, 0.05) is 47.2 Å². The number of para-hydroxylation sites is 1. The molecule has 0 spiro atoms. The van der Waals surface area contributed by atoms with E-state index < -0.39 is 0 Å². The van der Waals surface area contributed by atoms with Crippen LogP contribution in [0.5, 0.6) is 0 Å². The summed E-state index contributed by atoms with van der Waals surface area (Å²) in [5.74, 6) is 0.0717. The van der Waals surface area contributed by atoms with Crippen LogP contribution in [0.2, 0.25) is 0 Å². The molecule has 7 aromatic rings. The first-order chi connectivity index (χ1) is 22.8. The molecule has 0 unspecified atom stereocenters. The number of carbonyl (C=O) groups is 1. The van der Waals surface area contributed by atoms with Crippen LogP contribution in [0.3, 0.4) is 0 Å². The number of nitrogens with zero attached hydrogens (tertiary/aromatic N) is 7. The zero-order chi connectivity index (χ0) is 32.4. The van der Waals surface area contributed by atoms with E-state index in [0.29, 0.717) is 53.5 Å². The van der Waals surface area contributed by atoms with E-state index in [0.717, 1.165) is 33.1 Å². The molecule has 47 heavy (non-hydrogen) atoms. The van der Waals surface area contributed by atoms with Gasteiger partial charge in [0.25, 0.3) is 5.91 Å². The highest BCUT2D eigenvalue weighted by molar-refractivity contribution is 5.98. The first-order valence-electron chi connectivity index (χ1n) is 15.4. The van der Waals surface area contributed by atoms with Gasteiger partial charge in [-0.1, -0.05) is 18.2 Å². The maximum absolute atomic E-state index is 14.7. The first kappa shape index (κ1) is 28.7. The Morgan fingerprint density at radius 2 is 1.77 bits per heavy atom. The number of nitrogens with one attached hydrogen (secondary N) is 1. The smallest absolute Gasteiger partial charge is 0.338 e. The van der Waals surface area contributed by atoms with Crippen LogP contribution < -0.4 is 5.69 Å². The van der Waals surface area contributed by atoms with Gasteiger partial charge in [0.2, 0.25) is 0 Å². The van der Waals surface area contributed by atoms with Crippen molar-refractivity contribution >= 4 is 27.7 Å². The fourth-order valence-corrected chi connectivity index (χ4v) is 6.60. The number of halogens is 1. The lowest BCUT2D eigenvalue weighted by molar-refractivity contribution is 0.0729. The number of aliphatic hydroxyl groups is 1. The number of hydrogen-bond acceptors (Lipinski definition) is 5. The second-order valence-electron chi connectivity index (χ2n) is 12.0. The molecular weight excluding hydrogens is 599 g/mol. The summed E-state index contributed by atoms with van der Waals surface area (Å²) in [6.07, 6.45) is 5.59. The van der Waals surface area contributed by atoms with Crippen LogP contribution in [-0.2, 0) is 19.5 Å². The zero-order valence-corrected chi connectivity index (χ0v) is 25.8. The molecule has 5 heterocycles. The maximum atomic E-state index is 14.7. The second kappa shape index (κ2) is 11.0. The monoisotopic (exact) mass is 630 g/mol. The Kier molecular flexibility index (Phi) is 6.69. The predicted octanol–water partition coefficient (Wildman–Crippen LogP) is 4.59. The second-order valence-corrected chi connectivity index (χ2v) is 12.0. The minimum atomic E-state index is -0.328. The minimum absolute atomic E-state index is 0.0310. The molecule has 0 radical (unpaired) electrons. The first-order valence-corrected chi connectivity index (χ1v) is 15.4. The SMILES string of the molecule is Cc1cc(-n2nc3c(c2-n2ccn(-c4ccc5c(cnn5CCO)c4)c2=O)CN(C(=O)c2cc4ccccc4[nH]2)CC3)cc(C)c1F. The summed E-state index contributed by atoms with van der Waals surface area (Å²) in [5.41, 5.74) is 5.63. The number of aliphatic hydroxyl groups excluding tert-OH is 1. The standard InChI is InChI=1S/C35H31FN8O3/c1-21-15-26(16-22(2)32(21)36)44-33(42-12-11-41(35(42)47)25-7-8-31-24(17-25)19-37-43(31)13-14-45)27-20-40(10-9-29(27)39-44)34(46)30-18-23-5-3-4-6-28(23)38-30/h3-8,11-12,15-19,38,45H,9-10,13-14,20H2,1-2H3. The summed E-state index contributed by atoms with van der Waals surface area (Å²) in [5, 5.41) is 20.4. The van der Waals surface area contributed by atoms with E-state index in [1.54, 1.807) is 63.4 Å². The van der Waals surface area contributed by atoms with Gasteiger partial charge in [-0.05, 0) is 67.4 Å². The molecule has 11 nitrogen and oxygen atoms in total. The molecular formula is C35H31FN8O3. The van der Waals surface area contributed by atoms with Crippen molar-refractivity contribution in [1.82, 2.24) is 38.6 Å². The van der Waals surface area contributed by atoms with E-state index in [-0.39, 0.29) is 30.6 Å². The fraction of sp³-hybridized carbons (Fsp3) is 0.200. The molecule has 1 amide bonds. The van der Waals surface area contributed by atoms with Crippen molar-refractivity contribution in [3.63, 3.8) is 0 Å². The van der Waals surface area contributed by atoms with Crippen LogP contribution in [0.15, 0.2) is 84.0 Å². The third-order valence-electron chi connectivity index (χ3n) is 8.94. The summed E-state index contributed by atoms with van der Waals surface area (Å²) in [6, 6.07) is 18.6. The molecule has 2 N–H and O–H groups in total. The molecule has 12 heteroatoms. The number of hydrogen-bond donors (Lipinski definition) is 2. The molecule has 3 aromatic carbocycles. The summed E-state index contributed by atoms with van der Waals surface area (Å²) in [7, 11) is 0. The van der Waals surface area contributed by atoms with E-state index in [4.69, 9.17) is 5.10 Å². The number of amides is 1. The lowest BCUT2D eigenvalue weighted by Crippen LogP contribution is -2.36. The maximum Gasteiger partial charge on any atom is 0.338 e. The molecule has 0 aliphatic carbocycles. The van der Waals surface area contributed by atoms with Gasteiger partial charge >= 0.3 is 5.69 Å². The van der Waals surface area contributed by atoms with Gasteiger partial charge in [-0.3, -0.25) is 18.6 Å². The van der Waals surface area contributed by atoms with Crippen molar-refractivity contribution in [3.8, 4) is 17.2 Å². The van der Waals surface area contributed by atoms with Gasteiger partial charge in [-0.25, -0.2) is 13.9 Å². The molecule has 8 rings (SSSR count). The highest BCUT2D eigenvalue weighted by atomic mass is 19.1. The van der Waals surface area contributed by atoms with Crippen LogP contribution in [0, 0.1) is 19.7 Å². The summed E-state index contributed by atoms with van der Waals surface area (Å²) in [6.45, 7) is 4.45. The number of H-pyrrole nitrogens is 1. The van der Waals surface area contributed by atoms with E-state index in [9.17, 15) is 19.1 Å². The van der Waals surface area contributed by atoms with Crippen LogP contribution in [0.25, 0.3) is 39.0 Å². The highest BCUT2D eigenvalue weighted by Gasteiger charge is 2.31. The van der Waals surface area contributed by atoms with E-state index in [2.05, 4.69) is 10.1 Å². The van der Waals surface area contributed by atoms with E-state index in [1.807, 2.05) is 48.5 Å². The molecule has 0 saturated heterocycles. The number of imidazole rings is 1. The number of carbonyl (C=O) groups excluding carboxylic acids is 1. The van der Waals surface area contributed by atoms with Gasteiger partial charge in [-0.2, -0.15) is 10.2 Å². The van der Waals surface area contributed by atoms with Gasteiger partial charge in [0.1, 0.15) is 17.3 Å². The molecule has 0 bridgehead atoms. The average Bonchev–Trinajstić information content (AvgIpc) is 3.86. The fourth-order valence-electron chi connectivity index (χ4n) is 6.60. The number of aromatic amines is 1. The summed E-state index contributed by atoms with van der Waals surface area (Å²) in [4.78, 5) is 33.0. The molecule has 0 fully saturated rings. The van der Waals surface area contributed by atoms with Crippen molar-refractivity contribution in [2.24, 2.45) is 0 Å². The third kappa shape index (κ3) is 4.67. The van der Waals surface area contributed by atoms with Crippen LogP contribution in [-0.4, -0.2) is 62.7 Å². The van der Waals surface area contributed by atoms with Gasteiger partial charge < -0.3 is 15.0 Å². The lowest BCUT2D eigenvalue weighted by atomic mass is 10.1. The van der Waals surface area contributed by atoms with Crippen LogP contribution in [0.4, 0.5) is 4.39 Å². The molecule has 0 atom stereocenters. The number of benzene rings is 3. The highest BCUT2D eigenvalue weighted by Crippen LogP contribution is 2.30. The van der Waals surface area contributed by atoms with Crippen molar-refractivity contribution in [2.45, 2.75) is 33.4 Å². The normalized spacial score (nSPS) is 13.1. The van der Waals surface area contributed by atoms with Crippen molar-refractivity contribution < 1.29 is 14.3 Å². The van der Waals surface area contributed by atoms with Gasteiger partial charge in [0.15, 0.2) is 0 Å². The summed E-state index contributed by atoms with van der Waals surface area (Å²) >= 11 is 0. The zero-order valence-electron chi connectivity index (χ0n) is 25.8. The van der Waals surface area contributed by atoms with E-state index >= 15 is 0 Å². The van der Waals surface area contributed by atoms with Crippen LogP contribution in [0.1, 0.15) is 32.9 Å². The Labute approximate surface area is 267 Å². The molecule has 0 saturated carbocycles. The topological polar surface area (TPSA) is 119 Å². The summed E-state index contributed by atoms with van der Waals surface area (Å²) < 4.78 is 21.2. The lowest BCUT2D eigenvalue weighted by Gasteiger charge is -2.26. The van der Waals surface area contributed by atoms with Gasteiger partial charge in [0.05, 0.1) is 48.5 Å². The Balaban J connectivity index is 1.24. The Morgan fingerprint density at radius 1 is 0.979 bits per heavy atom. The third-order valence-corrected chi connectivity index (χ3v) is 8.94. The average molecular weight is 631 g/mol. The van der Waals surface area contributed by atoms with E-state index in [1.165, 1.54) is 4.57 Å². The number of aryl methyl sites for hydroxylation is 2. The minimum Gasteiger partial charge on any atom is -0.394 e. The number of rotatable bonds is 6. The van der Waals surface area contributed by atoms with Gasteiger partial charge in [-0.15, -0.1) is 0 Å². The Morgan fingerprint density at radius 3 is 2.55 bits per heavy atom. The largest absolute Gasteiger partial charge is 0.394 e. The number of aromatic nitrogens is 7. The molecule has 1 aliphatic heterocycles. The Hall–Kier alpha value is -5.75. The number of fused-ring (bicyclic) bond motifs is 3. The molecule has 4 aromatic heterocycles. The predicted molar refractivity (Wildman–Crippen MR) is 175 cm³/mol. The quantitative estimate of drug-likeness (QED) is 0.279. The Bertz CT molecular complexity index is 2350. The molecule has 236 valence electrons. The van der Waals surface area contributed by atoms with Crippen LogP contribution >= 0.6 is 0 Å². The van der Waals surface area contributed by atoms with Crippen molar-refractivity contribution in [2.75, 3.05) is 13.2 Å². The van der Waals surface area contributed by atoms with Crippen molar-refractivity contribution in [3.05, 3.63) is 124 Å². The van der Waals surface area contributed by atoms with Crippen molar-refractivity contribution in [1.29, 1.82) is 0 Å².